The summed E-state index contributed by atoms with van der Waals surface area (Å²) in [6, 6.07) is 11.8. The molecule has 2 aromatic carbocycles. The Balaban J connectivity index is 2.22. The number of benzene rings is 2. The molecule has 0 aliphatic heterocycles. The fourth-order valence-corrected chi connectivity index (χ4v) is 2.04. The van der Waals surface area contributed by atoms with Crippen LogP contribution in [0.4, 0.5) is 8.78 Å². The van der Waals surface area contributed by atoms with Crippen molar-refractivity contribution in [2.24, 2.45) is 11.7 Å². The number of Topliss-reactive ketones (excluding diaryl/α,β-unsaturated/α-hetero) is 1. The van der Waals surface area contributed by atoms with Crippen molar-refractivity contribution in [2.75, 3.05) is 0 Å². The van der Waals surface area contributed by atoms with Crippen LogP contribution in [0.25, 0.3) is 0 Å². The molecule has 2 unspecified atom stereocenters. The Morgan fingerprint density at radius 3 is 2.30 bits per heavy atom. The first-order chi connectivity index (χ1) is 9.50. The highest BCUT2D eigenvalue weighted by Gasteiger charge is 2.23. The number of rotatable bonds is 4. The molecule has 0 heterocycles. The van der Waals surface area contributed by atoms with Crippen molar-refractivity contribution in [3.05, 3.63) is 71.3 Å². The minimum atomic E-state index is -1.03. The summed E-state index contributed by atoms with van der Waals surface area (Å²) in [5.41, 5.74) is 7.01. The lowest BCUT2D eigenvalue weighted by Crippen LogP contribution is -2.26. The summed E-state index contributed by atoms with van der Waals surface area (Å²) in [7, 11) is 0. The molecule has 0 aliphatic carbocycles. The van der Waals surface area contributed by atoms with Crippen molar-refractivity contribution in [1.29, 1.82) is 0 Å². The van der Waals surface area contributed by atoms with Gasteiger partial charge in [-0.05, 0) is 23.8 Å². The number of hydrogen-bond acceptors (Lipinski definition) is 2. The summed E-state index contributed by atoms with van der Waals surface area (Å²) in [6.45, 7) is 1.68. The molecule has 0 fully saturated rings. The van der Waals surface area contributed by atoms with E-state index in [1.54, 1.807) is 6.92 Å². The van der Waals surface area contributed by atoms with Crippen molar-refractivity contribution in [3.63, 3.8) is 0 Å². The Labute approximate surface area is 116 Å². The fraction of sp³-hybridized carbons (Fsp3) is 0.188. The van der Waals surface area contributed by atoms with Crippen LogP contribution in [0.5, 0.6) is 0 Å². The molecule has 4 heteroatoms. The van der Waals surface area contributed by atoms with E-state index in [0.717, 1.165) is 17.7 Å². The predicted octanol–water partition coefficient (Wildman–Crippen LogP) is 3.48. The monoisotopic (exact) mass is 275 g/mol. The Hall–Kier alpha value is -2.07. The van der Waals surface area contributed by atoms with Crippen LogP contribution in [0.15, 0.2) is 48.5 Å². The third-order valence-electron chi connectivity index (χ3n) is 3.34. The van der Waals surface area contributed by atoms with E-state index in [1.807, 2.05) is 30.3 Å². The molecule has 2 aromatic rings. The number of carbonyl (C=O) groups is 1. The standard InChI is InChI=1S/C16H15F2NO/c1-10(15(19)11-5-3-2-4-6-11)16(20)12-7-8-13(17)14(18)9-12/h2-10,15H,19H2,1H3. The van der Waals surface area contributed by atoms with Crippen LogP contribution in [0.1, 0.15) is 28.9 Å². The molecule has 0 aromatic heterocycles. The van der Waals surface area contributed by atoms with Crippen molar-refractivity contribution in [3.8, 4) is 0 Å². The quantitative estimate of drug-likeness (QED) is 0.868. The first kappa shape index (κ1) is 14.3. The van der Waals surface area contributed by atoms with Gasteiger partial charge in [0.1, 0.15) is 0 Å². The maximum Gasteiger partial charge on any atom is 0.167 e. The summed E-state index contributed by atoms with van der Waals surface area (Å²) in [4.78, 5) is 12.3. The number of halogens is 2. The highest BCUT2D eigenvalue weighted by molar-refractivity contribution is 5.98. The molecule has 20 heavy (non-hydrogen) atoms. The molecule has 2 N–H and O–H groups in total. The van der Waals surface area contributed by atoms with Crippen molar-refractivity contribution < 1.29 is 13.6 Å². The van der Waals surface area contributed by atoms with E-state index < -0.39 is 23.6 Å². The van der Waals surface area contributed by atoms with Gasteiger partial charge in [-0.25, -0.2) is 8.78 Å². The summed E-state index contributed by atoms with van der Waals surface area (Å²) in [5, 5.41) is 0. The van der Waals surface area contributed by atoms with Crippen molar-refractivity contribution in [1.82, 2.24) is 0 Å². The van der Waals surface area contributed by atoms with Crippen LogP contribution in [0.3, 0.4) is 0 Å². The van der Waals surface area contributed by atoms with Gasteiger partial charge < -0.3 is 5.73 Å². The van der Waals surface area contributed by atoms with Crippen molar-refractivity contribution in [2.45, 2.75) is 13.0 Å². The molecule has 0 bridgehead atoms. The van der Waals surface area contributed by atoms with Gasteiger partial charge in [-0.15, -0.1) is 0 Å². The molecule has 0 spiro atoms. The first-order valence-corrected chi connectivity index (χ1v) is 6.30. The van der Waals surface area contributed by atoms with Gasteiger partial charge in [0.2, 0.25) is 0 Å². The van der Waals surface area contributed by atoms with Crippen LogP contribution in [-0.2, 0) is 0 Å². The Kier molecular flexibility index (Phi) is 4.25. The lowest BCUT2D eigenvalue weighted by molar-refractivity contribution is 0.0912. The molecule has 2 rings (SSSR count). The Bertz CT molecular complexity index is 613. The minimum Gasteiger partial charge on any atom is -0.323 e. The average molecular weight is 275 g/mol. The second kappa shape index (κ2) is 5.92. The van der Waals surface area contributed by atoms with Crippen molar-refractivity contribution >= 4 is 5.78 Å². The van der Waals surface area contributed by atoms with Gasteiger partial charge in [0, 0.05) is 17.5 Å². The number of carbonyl (C=O) groups excluding carboxylic acids is 1. The molecule has 0 radical (unpaired) electrons. The zero-order chi connectivity index (χ0) is 14.7. The summed E-state index contributed by atoms with van der Waals surface area (Å²) >= 11 is 0. The first-order valence-electron chi connectivity index (χ1n) is 6.30. The lowest BCUT2D eigenvalue weighted by atomic mass is 9.89. The molecule has 104 valence electrons. The van der Waals surface area contributed by atoms with Gasteiger partial charge in [0.25, 0.3) is 0 Å². The molecule has 0 aliphatic rings. The SMILES string of the molecule is CC(C(=O)c1ccc(F)c(F)c1)C(N)c1ccccc1. The zero-order valence-electron chi connectivity index (χ0n) is 11.0. The summed E-state index contributed by atoms with van der Waals surface area (Å²) in [5.74, 6) is -2.83. The van der Waals surface area contributed by atoms with Gasteiger partial charge in [-0.2, -0.15) is 0 Å². The van der Waals surface area contributed by atoms with Crippen LogP contribution in [0.2, 0.25) is 0 Å². The summed E-state index contributed by atoms with van der Waals surface area (Å²) < 4.78 is 26.0. The molecular formula is C16H15F2NO. The van der Waals surface area contributed by atoms with E-state index in [9.17, 15) is 13.6 Å². The molecule has 0 amide bonds. The number of hydrogen-bond donors (Lipinski definition) is 1. The molecular weight excluding hydrogens is 260 g/mol. The molecule has 2 atom stereocenters. The Morgan fingerprint density at radius 1 is 1.05 bits per heavy atom. The topological polar surface area (TPSA) is 43.1 Å². The number of nitrogens with two attached hydrogens (primary N) is 1. The molecule has 0 saturated carbocycles. The third kappa shape index (κ3) is 2.91. The number of ketones is 1. The second-order valence-corrected chi connectivity index (χ2v) is 4.72. The average Bonchev–Trinajstić information content (AvgIpc) is 2.48. The van der Waals surface area contributed by atoms with Gasteiger partial charge in [-0.3, -0.25) is 4.79 Å². The van der Waals surface area contributed by atoms with E-state index in [4.69, 9.17) is 5.73 Å². The van der Waals surface area contributed by atoms with Crippen LogP contribution in [0, 0.1) is 17.6 Å². The highest BCUT2D eigenvalue weighted by Crippen LogP contribution is 2.23. The van der Waals surface area contributed by atoms with E-state index in [2.05, 4.69) is 0 Å². The maximum absolute atomic E-state index is 13.2. The molecule has 2 nitrogen and oxygen atoms in total. The highest BCUT2D eigenvalue weighted by atomic mass is 19.2. The minimum absolute atomic E-state index is 0.128. The second-order valence-electron chi connectivity index (χ2n) is 4.72. The van der Waals surface area contributed by atoms with E-state index in [1.165, 1.54) is 6.07 Å². The van der Waals surface area contributed by atoms with Crippen LogP contribution < -0.4 is 5.73 Å². The van der Waals surface area contributed by atoms with Gasteiger partial charge in [0.05, 0.1) is 0 Å². The molecule has 0 saturated heterocycles. The van der Waals surface area contributed by atoms with Crippen LogP contribution >= 0.6 is 0 Å². The van der Waals surface area contributed by atoms with Crippen LogP contribution in [-0.4, -0.2) is 5.78 Å². The zero-order valence-corrected chi connectivity index (χ0v) is 11.0. The van der Waals surface area contributed by atoms with E-state index in [-0.39, 0.29) is 11.3 Å². The predicted molar refractivity (Wildman–Crippen MR) is 73.2 cm³/mol. The largest absolute Gasteiger partial charge is 0.323 e. The lowest BCUT2D eigenvalue weighted by Gasteiger charge is -2.19. The fourth-order valence-electron chi connectivity index (χ4n) is 2.04. The smallest absolute Gasteiger partial charge is 0.167 e. The van der Waals surface area contributed by atoms with E-state index in [0.29, 0.717) is 0 Å². The van der Waals surface area contributed by atoms with Gasteiger partial charge in [-0.1, -0.05) is 37.3 Å². The van der Waals surface area contributed by atoms with Gasteiger partial charge in [0.15, 0.2) is 17.4 Å². The normalized spacial score (nSPS) is 13.8. The Morgan fingerprint density at radius 2 is 1.70 bits per heavy atom. The maximum atomic E-state index is 13.2. The van der Waals surface area contributed by atoms with Gasteiger partial charge >= 0.3 is 0 Å². The summed E-state index contributed by atoms with van der Waals surface area (Å²) in [6.07, 6.45) is 0. The third-order valence-corrected chi connectivity index (χ3v) is 3.34. The van der Waals surface area contributed by atoms with E-state index >= 15 is 0 Å².